The van der Waals surface area contributed by atoms with Crippen molar-refractivity contribution >= 4 is 11.9 Å². The molecule has 0 fully saturated rings. The van der Waals surface area contributed by atoms with E-state index < -0.39 is 0 Å². The fourth-order valence-corrected chi connectivity index (χ4v) is 1.84. The Morgan fingerprint density at radius 2 is 1.89 bits per heavy atom. The van der Waals surface area contributed by atoms with Crippen LogP contribution in [0.15, 0.2) is 48.5 Å². The van der Waals surface area contributed by atoms with Gasteiger partial charge in [-0.25, -0.2) is 4.39 Å². The summed E-state index contributed by atoms with van der Waals surface area (Å²) in [6.07, 6.45) is 3.29. The lowest BCUT2D eigenvalue weighted by atomic mass is 10.1. The van der Waals surface area contributed by atoms with Gasteiger partial charge in [-0.15, -0.1) is 0 Å². The Labute approximate surface area is 112 Å². The predicted octanol–water partition coefficient (Wildman–Crippen LogP) is 4.34. The first-order chi connectivity index (χ1) is 9.06. The second kappa shape index (κ2) is 5.61. The molecule has 0 N–H and O–H groups in total. The van der Waals surface area contributed by atoms with E-state index in [1.165, 1.54) is 18.2 Å². The van der Waals surface area contributed by atoms with E-state index in [0.29, 0.717) is 11.1 Å². The van der Waals surface area contributed by atoms with Crippen molar-refractivity contribution in [2.45, 2.75) is 13.8 Å². The summed E-state index contributed by atoms with van der Waals surface area (Å²) >= 11 is 0. The monoisotopic (exact) mass is 254 g/mol. The Morgan fingerprint density at radius 3 is 2.58 bits per heavy atom. The Bertz CT molecular complexity index is 641. The summed E-state index contributed by atoms with van der Waals surface area (Å²) in [7, 11) is 0. The minimum absolute atomic E-state index is 0.121. The van der Waals surface area contributed by atoms with Crippen molar-refractivity contribution in [3.05, 3.63) is 76.6 Å². The van der Waals surface area contributed by atoms with Crippen LogP contribution in [0.3, 0.4) is 0 Å². The zero-order valence-corrected chi connectivity index (χ0v) is 11.0. The molecule has 0 aromatic heterocycles. The van der Waals surface area contributed by atoms with Crippen LogP contribution >= 0.6 is 0 Å². The van der Waals surface area contributed by atoms with Crippen LogP contribution in [0.4, 0.5) is 4.39 Å². The molecular formula is C17H15FO. The third-order valence-electron chi connectivity index (χ3n) is 2.91. The third-order valence-corrected chi connectivity index (χ3v) is 2.91. The molecule has 0 amide bonds. The lowest BCUT2D eigenvalue weighted by Crippen LogP contribution is -1.96. The van der Waals surface area contributed by atoms with Crippen LogP contribution in [-0.2, 0) is 0 Å². The molecule has 0 bridgehead atoms. The Balaban J connectivity index is 2.19. The molecule has 0 saturated heterocycles. The predicted molar refractivity (Wildman–Crippen MR) is 75.7 cm³/mol. The fraction of sp³-hybridized carbons (Fsp3) is 0.118. The molecule has 2 heteroatoms. The van der Waals surface area contributed by atoms with Gasteiger partial charge in [0.25, 0.3) is 0 Å². The van der Waals surface area contributed by atoms with Crippen molar-refractivity contribution in [2.75, 3.05) is 0 Å². The molecule has 0 aliphatic rings. The van der Waals surface area contributed by atoms with E-state index in [1.807, 2.05) is 31.2 Å². The normalized spacial score (nSPS) is 10.9. The molecule has 0 aliphatic heterocycles. The fourth-order valence-electron chi connectivity index (χ4n) is 1.84. The smallest absolute Gasteiger partial charge is 0.185 e. The van der Waals surface area contributed by atoms with Gasteiger partial charge >= 0.3 is 0 Å². The van der Waals surface area contributed by atoms with E-state index in [-0.39, 0.29) is 11.6 Å². The number of allylic oxidation sites excluding steroid dienone is 1. The highest BCUT2D eigenvalue weighted by Crippen LogP contribution is 2.12. The second-order valence-electron chi connectivity index (χ2n) is 4.58. The topological polar surface area (TPSA) is 17.1 Å². The number of benzene rings is 2. The Morgan fingerprint density at radius 1 is 1.11 bits per heavy atom. The average molecular weight is 254 g/mol. The van der Waals surface area contributed by atoms with Crippen molar-refractivity contribution in [2.24, 2.45) is 0 Å². The largest absolute Gasteiger partial charge is 0.289 e. The molecule has 0 atom stereocenters. The minimum atomic E-state index is -0.292. The second-order valence-corrected chi connectivity index (χ2v) is 4.58. The molecule has 0 heterocycles. The molecule has 2 aromatic carbocycles. The molecule has 0 spiro atoms. The van der Waals surface area contributed by atoms with Gasteiger partial charge in [-0.1, -0.05) is 35.9 Å². The SMILES string of the molecule is Cc1cccc(/C=C/C(=O)c2ccc(F)c(C)c2)c1. The van der Waals surface area contributed by atoms with Gasteiger partial charge in [0.2, 0.25) is 0 Å². The molecule has 19 heavy (non-hydrogen) atoms. The third kappa shape index (κ3) is 3.38. The minimum Gasteiger partial charge on any atom is -0.289 e. The lowest BCUT2D eigenvalue weighted by molar-refractivity contribution is 0.104. The van der Waals surface area contributed by atoms with E-state index in [1.54, 1.807) is 19.1 Å². The van der Waals surface area contributed by atoms with E-state index >= 15 is 0 Å². The molecule has 0 unspecified atom stereocenters. The summed E-state index contributed by atoms with van der Waals surface area (Å²) in [5.41, 5.74) is 3.11. The van der Waals surface area contributed by atoms with Crippen molar-refractivity contribution in [3.63, 3.8) is 0 Å². The van der Waals surface area contributed by atoms with Crippen LogP contribution < -0.4 is 0 Å². The standard InChI is InChI=1S/C17H15FO/c1-12-4-3-5-14(10-12)6-9-17(19)15-7-8-16(18)13(2)11-15/h3-11H,1-2H3/b9-6+. The molecule has 1 nitrogen and oxygen atoms in total. The van der Waals surface area contributed by atoms with Crippen molar-refractivity contribution < 1.29 is 9.18 Å². The maximum Gasteiger partial charge on any atom is 0.185 e. The summed E-state index contributed by atoms with van der Waals surface area (Å²) in [5.74, 6) is -0.413. The van der Waals surface area contributed by atoms with Crippen LogP contribution in [0.25, 0.3) is 6.08 Å². The molecule has 2 rings (SSSR count). The van der Waals surface area contributed by atoms with Gasteiger partial charge in [0, 0.05) is 5.56 Å². The number of carbonyl (C=O) groups is 1. The van der Waals surface area contributed by atoms with Gasteiger partial charge in [-0.3, -0.25) is 4.79 Å². The Hall–Kier alpha value is -2.22. The first-order valence-corrected chi connectivity index (χ1v) is 6.11. The molecule has 96 valence electrons. The number of hydrogen-bond acceptors (Lipinski definition) is 1. The molecule has 0 aliphatic carbocycles. The van der Waals surface area contributed by atoms with E-state index in [2.05, 4.69) is 0 Å². The number of ketones is 1. The summed E-state index contributed by atoms with van der Waals surface area (Å²) < 4.78 is 13.1. The lowest BCUT2D eigenvalue weighted by Gasteiger charge is -2.00. The van der Waals surface area contributed by atoms with Crippen LogP contribution in [0.1, 0.15) is 27.0 Å². The van der Waals surface area contributed by atoms with Crippen molar-refractivity contribution in [1.82, 2.24) is 0 Å². The number of hydrogen-bond donors (Lipinski definition) is 0. The summed E-state index contributed by atoms with van der Waals surface area (Å²) in [6.45, 7) is 3.65. The maximum absolute atomic E-state index is 13.1. The van der Waals surface area contributed by atoms with Gasteiger partial charge in [0.1, 0.15) is 5.82 Å². The maximum atomic E-state index is 13.1. The molecule has 0 saturated carbocycles. The van der Waals surface area contributed by atoms with Crippen molar-refractivity contribution in [3.8, 4) is 0 Å². The summed E-state index contributed by atoms with van der Waals surface area (Å²) in [4.78, 5) is 12.0. The van der Waals surface area contributed by atoms with Crippen LogP contribution in [0.5, 0.6) is 0 Å². The van der Waals surface area contributed by atoms with Gasteiger partial charge < -0.3 is 0 Å². The van der Waals surface area contributed by atoms with Gasteiger partial charge in [-0.2, -0.15) is 0 Å². The van der Waals surface area contributed by atoms with Gasteiger partial charge in [0.15, 0.2) is 5.78 Å². The average Bonchev–Trinajstić information content (AvgIpc) is 2.39. The quantitative estimate of drug-likeness (QED) is 0.588. The molecular weight excluding hydrogens is 239 g/mol. The first-order valence-electron chi connectivity index (χ1n) is 6.11. The van der Waals surface area contributed by atoms with E-state index in [9.17, 15) is 9.18 Å². The zero-order valence-electron chi connectivity index (χ0n) is 11.0. The number of aryl methyl sites for hydroxylation is 2. The highest BCUT2D eigenvalue weighted by molar-refractivity contribution is 6.06. The number of halogens is 1. The summed E-state index contributed by atoms with van der Waals surface area (Å²) in [6, 6.07) is 12.3. The van der Waals surface area contributed by atoms with Gasteiger partial charge in [0.05, 0.1) is 0 Å². The first kappa shape index (κ1) is 13.2. The zero-order chi connectivity index (χ0) is 13.8. The Kier molecular flexibility index (Phi) is 3.91. The molecule has 2 aromatic rings. The van der Waals surface area contributed by atoms with Crippen LogP contribution in [-0.4, -0.2) is 5.78 Å². The summed E-state index contributed by atoms with van der Waals surface area (Å²) in [5, 5.41) is 0. The van der Waals surface area contributed by atoms with Gasteiger partial charge in [-0.05, 0) is 49.2 Å². The number of rotatable bonds is 3. The van der Waals surface area contributed by atoms with E-state index in [4.69, 9.17) is 0 Å². The molecule has 0 radical (unpaired) electrons. The highest BCUT2D eigenvalue weighted by atomic mass is 19.1. The highest BCUT2D eigenvalue weighted by Gasteiger charge is 2.04. The van der Waals surface area contributed by atoms with E-state index in [0.717, 1.165) is 11.1 Å². The van der Waals surface area contributed by atoms with Crippen LogP contribution in [0.2, 0.25) is 0 Å². The number of carbonyl (C=O) groups excluding carboxylic acids is 1. The van der Waals surface area contributed by atoms with Crippen LogP contribution in [0, 0.1) is 19.7 Å². The van der Waals surface area contributed by atoms with Crippen molar-refractivity contribution in [1.29, 1.82) is 0 Å².